The van der Waals surface area contributed by atoms with E-state index >= 15 is 0 Å². The van der Waals surface area contributed by atoms with Crippen molar-refractivity contribution in [2.24, 2.45) is 5.73 Å². The first-order valence-corrected chi connectivity index (χ1v) is 9.78. The molecule has 0 saturated heterocycles. The van der Waals surface area contributed by atoms with E-state index in [1.54, 1.807) is 16.7 Å². The molecule has 1 amide bonds. The molecule has 0 radical (unpaired) electrons. The fraction of sp³-hybridized carbons (Fsp3) is 0.333. The number of aromatic nitrogens is 1. The summed E-state index contributed by atoms with van der Waals surface area (Å²) >= 11 is 0. The Morgan fingerprint density at radius 3 is 2.07 bits per heavy atom. The van der Waals surface area contributed by atoms with E-state index in [-0.39, 0.29) is 33.3 Å². The van der Waals surface area contributed by atoms with Crippen LogP contribution in [0.25, 0.3) is 16.6 Å². The molecule has 0 bridgehead atoms. The largest absolute Gasteiger partial charge is 0.508 e. The van der Waals surface area contributed by atoms with Crippen LogP contribution >= 0.6 is 0 Å². The summed E-state index contributed by atoms with van der Waals surface area (Å²) in [6.45, 7) is 12.2. The van der Waals surface area contributed by atoms with E-state index in [1.807, 2.05) is 26.8 Å². The highest BCUT2D eigenvalue weighted by atomic mass is 16.3. The third-order valence-corrected chi connectivity index (χ3v) is 5.24. The lowest BCUT2D eigenvalue weighted by Gasteiger charge is -2.29. The lowest BCUT2D eigenvalue weighted by atomic mass is 9.79. The molecular formula is C24H28N2O4. The van der Waals surface area contributed by atoms with Gasteiger partial charge in [-0.2, -0.15) is 0 Å². The average molecular weight is 408 g/mol. The maximum atomic E-state index is 12.8. The van der Waals surface area contributed by atoms with E-state index in [1.165, 1.54) is 18.3 Å². The zero-order chi connectivity index (χ0) is 22.6. The lowest BCUT2D eigenvalue weighted by Crippen LogP contribution is -2.25. The molecule has 0 saturated carbocycles. The number of nitrogens with zero attached hydrogens (tertiary/aromatic N) is 1. The molecule has 0 fully saturated rings. The number of carbonyl (C=O) groups is 1. The van der Waals surface area contributed by atoms with Gasteiger partial charge in [0, 0.05) is 12.3 Å². The number of aromatic hydroxyl groups is 2. The molecule has 1 aromatic heterocycles. The minimum absolute atomic E-state index is 0.0882. The molecule has 158 valence electrons. The van der Waals surface area contributed by atoms with E-state index in [2.05, 4.69) is 20.8 Å². The Morgan fingerprint density at radius 2 is 1.53 bits per heavy atom. The van der Waals surface area contributed by atoms with Crippen molar-refractivity contribution in [2.75, 3.05) is 0 Å². The van der Waals surface area contributed by atoms with Crippen LogP contribution in [0.15, 0.2) is 41.3 Å². The molecule has 0 aliphatic carbocycles. The number of nitrogens with two attached hydrogens (primary N) is 1. The third-order valence-electron chi connectivity index (χ3n) is 5.24. The van der Waals surface area contributed by atoms with Crippen molar-refractivity contribution in [1.29, 1.82) is 0 Å². The van der Waals surface area contributed by atoms with Gasteiger partial charge in [0.15, 0.2) is 0 Å². The lowest BCUT2D eigenvalue weighted by molar-refractivity contribution is 0.0999. The molecule has 0 unspecified atom stereocenters. The molecule has 3 aromatic rings. The first kappa shape index (κ1) is 21.4. The smallest absolute Gasteiger partial charge is 0.254 e. The monoisotopic (exact) mass is 408 g/mol. The van der Waals surface area contributed by atoms with Crippen LogP contribution in [0.3, 0.4) is 0 Å². The number of pyridine rings is 1. The number of primary amides is 1. The Morgan fingerprint density at radius 1 is 0.933 bits per heavy atom. The number of phenols is 2. The van der Waals surface area contributed by atoms with Gasteiger partial charge in [0.1, 0.15) is 17.1 Å². The van der Waals surface area contributed by atoms with Gasteiger partial charge in [-0.3, -0.25) is 9.59 Å². The fourth-order valence-electron chi connectivity index (χ4n) is 3.67. The standard InChI is InChI=1S/C24H28N2O4/c1-23(2,3)16-10-17(24(4,5)6)20(28)11-19(16)26-12-15(22(25)30)21(29)14-9-13(27)7-8-18(14)26/h7-12,27-28H,1-6H3,(H2,25,30). The summed E-state index contributed by atoms with van der Waals surface area (Å²) in [4.78, 5) is 24.7. The van der Waals surface area contributed by atoms with Gasteiger partial charge in [-0.25, -0.2) is 0 Å². The van der Waals surface area contributed by atoms with Crippen LogP contribution in [0.1, 0.15) is 63.0 Å². The minimum atomic E-state index is -0.855. The van der Waals surface area contributed by atoms with Gasteiger partial charge >= 0.3 is 0 Å². The second-order valence-electron chi connectivity index (χ2n) is 9.69. The van der Waals surface area contributed by atoms with E-state index in [4.69, 9.17) is 5.73 Å². The Bertz CT molecular complexity index is 1230. The first-order valence-electron chi connectivity index (χ1n) is 9.78. The summed E-state index contributed by atoms with van der Waals surface area (Å²) < 4.78 is 1.68. The summed E-state index contributed by atoms with van der Waals surface area (Å²) in [7, 11) is 0. The molecule has 0 aliphatic rings. The van der Waals surface area contributed by atoms with Gasteiger partial charge in [-0.1, -0.05) is 41.5 Å². The molecular weight excluding hydrogens is 380 g/mol. The summed E-state index contributed by atoms with van der Waals surface area (Å²) in [6.07, 6.45) is 1.41. The zero-order valence-electron chi connectivity index (χ0n) is 18.2. The van der Waals surface area contributed by atoms with Crippen LogP contribution in [0.4, 0.5) is 0 Å². The number of fused-ring (bicyclic) bond motifs is 1. The first-order chi connectivity index (χ1) is 13.7. The van der Waals surface area contributed by atoms with E-state index in [0.29, 0.717) is 11.2 Å². The zero-order valence-corrected chi connectivity index (χ0v) is 18.2. The SMILES string of the molecule is CC(C)(C)c1cc(C(C)(C)C)c(-n2cc(C(N)=O)c(=O)c3cc(O)ccc32)cc1O. The number of hydrogen-bond acceptors (Lipinski definition) is 4. The second kappa shape index (κ2) is 6.90. The topological polar surface area (TPSA) is 106 Å². The van der Waals surface area contributed by atoms with Crippen LogP contribution in [0, 0.1) is 0 Å². The normalized spacial score (nSPS) is 12.3. The predicted molar refractivity (Wildman–Crippen MR) is 119 cm³/mol. The maximum absolute atomic E-state index is 12.8. The van der Waals surface area contributed by atoms with Crippen molar-refractivity contribution in [3.05, 3.63) is 63.4 Å². The number of benzene rings is 2. The number of hydrogen-bond donors (Lipinski definition) is 3. The number of amides is 1. The Balaban J connectivity index is 2.52. The summed E-state index contributed by atoms with van der Waals surface area (Å²) in [6, 6.07) is 8.03. The second-order valence-corrected chi connectivity index (χ2v) is 9.69. The van der Waals surface area contributed by atoms with Crippen molar-refractivity contribution in [3.8, 4) is 17.2 Å². The number of carbonyl (C=O) groups excluding carboxylic acids is 1. The van der Waals surface area contributed by atoms with Crippen molar-refractivity contribution in [3.63, 3.8) is 0 Å². The summed E-state index contributed by atoms with van der Waals surface area (Å²) in [5, 5.41) is 20.9. The van der Waals surface area contributed by atoms with Crippen molar-refractivity contribution in [1.82, 2.24) is 4.57 Å². The van der Waals surface area contributed by atoms with Crippen LogP contribution in [-0.2, 0) is 10.8 Å². The Hall–Kier alpha value is -3.28. The molecule has 0 spiro atoms. The van der Waals surface area contributed by atoms with Gasteiger partial charge in [0.25, 0.3) is 5.91 Å². The third kappa shape index (κ3) is 3.65. The molecule has 1 heterocycles. The van der Waals surface area contributed by atoms with E-state index in [0.717, 1.165) is 11.1 Å². The van der Waals surface area contributed by atoms with Crippen molar-refractivity contribution in [2.45, 2.75) is 52.4 Å². The highest BCUT2D eigenvalue weighted by Gasteiger charge is 2.27. The van der Waals surface area contributed by atoms with Crippen molar-refractivity contribution >= 4 is 16.8 Å². The van der Waals surface area contributed by atoms with Gasteiger partial charge in [-0.05, 0) is 46.2 Å². The number of phenolic OH excluding ortho intramolecular Hbond substituents is 2. The highest BCUT2D eigenvalue weighted by molar-refractivity contribution is 5.97. The Kier molecular flexibility index (Phi) is 4.93. The quantitative estimate of drug-likeness (QED) is 0.594. The maximum Gasteiger partial charge on any atom is 0.254 e. The minimum Gasteiger partial charge on any atom is -0.508 e. The average Bonchev–Trinajstić information content (AvgIpc) is 2.59. The molecule has 3 rings (SSSR count). The molecule has 6 heteroatoms. The predicted octanol–water partition coefficient (Wildman–Crippen LogP) is 4.10. The Labute approximate surface area is 175 Å². The van der Waals surface area contributed by atoms with Crippen LogP contribution in [-0.4, -0.2) is 20.7 Å². The molecule has 4 N–H and O–H groups in total. The molecule has 30 heavy (non-hydrogen) atoms. The van der Waals surface area contributed by atoms with Crippen LogP contribution in [0.2, 0.25) is 0 Å². The van der Waals surface area contributed by atoms with Gasteiger partial charge in [0.05, 0.1) is 16.6 Å². The van der Waals surface area contributed by atoms with E-state index < -0.39 is 11.3 Å². The van der Waals surface area contributed by atoms with Gasteiger partial charge in [-0.15, -0.1) is 0 Å². The molecule has 6 nitrogen and oxygen atoms in total. The molecule has 0 atom stereocenters. The van der Waals surface area contributed by atoms with Crippen LogP contribution in [0.5, 0.6) is 11.5 Å². The van der Waals surface area contributed by atoms with Gasteiger partial charge < -0.3 is 20.5 Å². The number of rotatable bonds is 2. The summed E-state index contributed by atoms with van der Waals surface area (Å²) in [5.74, 6) is -0.821. The summed E-state index contributed by atoms with van der Waals surface area (Å²) in [5.41, 5.74) is 7.00. The molecule has 0 aliphatic heterocycles. The van der Waals surface area contributed by atoms with Gasteiger partial charge in [0.2, 0.25) is 5.43 Å². The van der Waals surface area contributed by atoms with E-state index in [9.17, 15) is 19.8 Å². The van der Waals surface area contributed by atoms with Crippen LogP contribution < -0.4 is 11.2 Å². The fourth-order valence-corrected chi connectivity index (χ4v) is 3.67. The molecule has 2 aromatic carbocycles. The van der Waals surface area contributed by atoms with Crippen molar-refractivity contribution < 1.29 is 15.0 Å². The highest BCUT2D eigenvalue weighted by Crippen LogP contribution is 2.39.